The molecule has 0 fully saturated rings. The van der Waals surface area contributed by atoms with Gasteiger partial charge in [-0.2, -0.15) is 0 Å². The van der Waals surface area contributed by atoms with Gasteiger partial charge in [0.1, 0.15) is 6.29 Å². The van der Waals surface area contributed by atoms with Gasteiger partial charge in [0.2, 0.25) is 0 Å². The Kier molecular flexibility index (Phi) is 8.20. The van der Waals surface area contributed by atoms with Crippen molar-refractivity contribution in [3.8, 4) is 0 Å². The molecule has 3 heteroatoms. The Morgan fingerprint density at radius 2 is 1.69 bits per heavy atom. The van der Waals surface area contributed by atoms with E-state index in [-0.39, 0.29) is 0 Å². The van der Waals surface area contributed by atoms with Gasteiger partial charge < -0.3 is 9.90 Å². The van der Waals surface area contributed by atoms with Crippen LogP contribution < -0.4 is 0 Å². The summed E-state index contributed by atoms with van der Waals surface area (Å²) in [7, 11) is 0. The molecule has 0 aliphatic rings. The predicted octanol–water partition coefficient (Wildman–Crippen LogP) is 2.17. The van der Waals surface area contributed by atoms with Crippen LogP contribution in [0.15, 0.2) is 12.2 Å². The van der Waals surface area contributed by atoms with E-state index >= 15 is 0 Å². The summed E-state index contributed by atoms with van der Waals surface area (Å²) in [5.41, 5.74) is 0. The molecule has 0 aliphatic heterocycles. The molecule has 0 amide bonds. The van der Waals surface area contributed by atoms with E-state index in [1.807, 2.05) is 0 Å². The summed E-state index contributed by atoms with van der Waals surface area (Å²) in [5, 5.41) is 8.26. The Bertz CT molecular complexity index is 173. The average Bonchev–Trinajstić information content (AvgIpc) is 2.09. The molecule has 3 nitrogen and oxygen atoms in total. The van der Waals surface area contributed by atoms with Crippen LogP contribution in [0.5, 0.6) is 0 Å². The van der Waals surface area contributed by atoms with E-state index in [4.69, 9.17) is 5.11 Å². The lowest BCUT2D eigenvalue weighted by molar-refractivity contribution is -0.131. The standard InChI is InChI=1S/C10H16O3/c11-9-7-5-3-1-2-4-6-8-10(12)13/h6,8-9H,1-5,7H2,(H,12,13). The molecular weight excluding hydrogens is 168 g/mol. The Labute approximate surface area is 78.5 Å². The number of rotatable bonds is 8. The average molecular weight is 184 g/mol. The SMILES string of the molecule is O=CCCCCCCC=CC(=O)O. The van der Waals surface area contributed by atoms with Crippen LogP contribution >= 0.6 is 0 Å². The minimum Gasteiger partial charge on any atom is -0.478 e. The van der Waals surface area contributed by atoms with Gasteiger partial charge in [-0.05, 0) is 19.3 Å². The first-order valence-electron chi connectivity index (χ1n) is 4.60. The molecular formula is C10H16O3. The number of carbonyl (C=O) groups excluding carboxylic acids is 1. The van der Waals surface area contributed by atoms with Gasteiger partial charge in [-0.15, -0.1) is 0 Å². The van der Waals surface area contributed by atoms with Crippen LogP contribution in [0.2, 0.25) is 0 Å². The largest absolute Gasteiger partial charge is 0.478 e. The van der Waals surface area contributed by atoms with Gasteiger partial charge in [0.15, 0.2) is 0 Å². The fraction of sp³-hybridized carbons (Fsp3) is 0.600. The number of aldehydes is 1. The molecule has 0 unspecified atom stereocenters. The molecule has 0 saturated heterocycles. The zero-order chi connectivity index (χ0) is 9.94. The van der Waals surface area contributed by atoms with Crippen molar-refractivity contribution in [1.82, 2.24) is 0 Å². The number of aliphatic carboxylic acids is 1. The van der Waals surface area contributed by atoms with Gasteiger partial charge in [-0.25, -0.2) is 4.79 Å². The van der Waals surface area contributed by atoms with Crippen LogP contribution in [-0.4, -0.2) is 17.4 Å². The van der Waals surface area contributed by atoms with Gasteiger partial charge in [0.05, 0.1) is 0 Å². The molecule has 0 heterocycles. The van der Waals surface area contributed by atoms with Crippen molar-refractivity contribution in [3.63, 3.8) is 0 Å². The first-order chi connectivity index (χ1) is 6.27. The summed E-state index contributed by atoms with van der Waals surface area (Å²) >= 11 is 0. The Morgan fingerprint density at radius 1 is 1.08 bits per heavy atom. The molecule has 0 atom stereocenters. The number of unbranched alkanes of at least 4 members (excludes halogenated alkanes) is 5. The van der Waals surface area contributed by atoms with Crippen LogP contribution in [0.1, 0.15) is 38.5 Å². The molecule has 1 N–H and O–H groups in total. The highest BCUT2D eigenvalue weighted by Gasteiger charge is 1.89. The lowest BCUT2D eigenvalue weighted by atomic mass is 10.1. The van der Waals surface area contributed by atoms with Gasteiger partial charge in [0.25, 0.3) is 0 Å². The van der Waals surface area contributed by atoms with E-state index in [0.29, 0.717) is 6.42 Å². The van der Waals surface area contributed by atoms with Crippen molar-refractivity contribution in [2.45, 2.75) is 38.5 Å². The third-order valence-corrected chi connectivity index (χ3v) is 1.70. The molecule has 0 radical (unpaired) electrons. The highest BCUT2D eigenvalue weighted by Crippen LogP contribution is 2.04. The van der Waals surface area contributed by atoms with Crippen molar-refractivity contribution < 1.29 is 14.7 Å². The summed E-state index contributed by atoms with van der Waals surface area (Å²) in [5.74, 6) is -0.888. The van der Waals surface area contributed by atoms with E-state index in [1.54, 1.807) is 6.08 Å². The normalized spacial score (nSPS) is 10.5. The second kappa shape index (κ2) is 8.97. The second-order valence-corrected chi connectivity index (χ2v) is 2.90. The van der Waals surface area contributed by atoms with Gasteiger partial charge >= 0.3 is 5.97 Å². The van der Waals surface area contributed by atoms with Crippen LogP contribution in [-0.2, 0) is 9.59 Å². The number of hydrogen-bond donors (Lipinski definition) is 1. The highest BCUT2D eigenvalue weighted by atomic mass is 16.4. The molecule has 13 heavy (non-hydrogen) atoms. The van der Waals surface area contributed by atoms with Gasteiger partial charge in [0, 0.05) is 12.5 Å². The summed E-state index contributed by atoms with van der Waals surface area (Å²) in [4.78, 5) is 20.0. The maximum Gasteiger partial charge on any atom is 0.327 e. The lowest BCUT2D eigenvalue weighted by Gasteiger charge is -1.94. The van der Waals surface area contributed by atoms with E-state index < -0.39 is 5.97 Å². The van der Waals surface area contributed by atoms with Crippen LogP contribution in [0.25, 0.3) is 0 Å². The van der Waals surface area contributed by atoms with Crippen LogP contribution in [0.4, 0.5) is 0 Å². The third-order valence-electron chi connectivity index (χ3n) is 1.70. The van der Waals surface area contributed by atoms with Crippen molar-refractivity contribution in [1.29, 1.82) is 0 Å². The number of carboxylic acid groups (broad SMARTS) is 1. The fourth-order valence-corrected chi connectivity index (χ4v) is 1.03. The van der Waals surface area contributed by atoms with E-state index in [1.165, 1.54) is 6.08 Å². The van der Waals surface area contributed by atoms with E-state index in [9.17, 15) is 9.59 Å². The molecule has 0 aromatic carbocycles. The third kappa shape index (κ3) is 10.9. The van der Waals surface area contributed by atoms with Crippen molar-refractivity contribution in [2.24, 2.45) is 0 Å². The number of carboxylic acids is 1. The van der Waals surface area contributed by atoms with E-state index in [2.05, 4.69) is 0 Å². The molecule has 0 spiro atoms. The molecule has 0 aliphatic carbocycles. The molecule has 0 aromatic heterocycles. The predicted molar refractivity (Wildman–Crippen MR) is 50.5 cm³/mol. The minimum atomic E-state index is -0.888. The quantitative estimate of drug-likeness (QED) is 0.357. The lowest BCUT2D eigenvalue weighted by Crippen LogP contribution is -1.85. The maximum atomic E-state index is 10.0. The fourth-order valence-electron chi connectivity index (χ4n) is 1.03. The summed E-state index contributed by atoms with van der Waals surface area (Å²) in [6.07, 6.45) is 9.31. The zero-order valence-electron chi connectivity index (χ0n) is 7.74. The van der Waals surface area contributed by atoms with Crippen LogP contribution in [0, 0.1) is 0 Å². The van der Waals surface area contributed by atoms with E-state index in [0.717, 1.165) is 38.4 Å². The molecule has 0 saturated carbocycles. The summed E-state index contributed by atoms with van der Waals surface area (Å²) in [6.45, 7) is 0. The van der Waals surface area contributed by atoms with Crippen molar-refractivity contribution in [2.75, 3.05) is 0 Å². The molecule has 0 aromatic rings. The summed E-state index contributed by atoms with van der Waals surface area (Å²) < 4.78 is 0. The Morgan fingerprint density at radius 3 is 2.23 bits per heavy atom. The van der Waals surface area contributed by atoms with Gasteiger partial charge in [-0.1, -0.05) is 18.9 Å². The van der Waals surface area contributed by atoms with Crippen LogP contribution in [0.3, 0.4) is 0 Å². The minimum absolute atomic E-state index is 0.644. The van der Waals surface area contributed by atoms with Crippen molar-refractivity contribution >= 4 is 12.3 Å². The molecule has 0 rings (SSSR count). The smallest absolute Gasteiger partial charge is 0.327 e. The first kappa shape index (κ1) is 11.9. The van der Waals surface area contributed by atoms with Gasteiger partial charge in [-0.3, -0.25) is 0 Å². The molecule has 0 bridgehead atoms. The maximum absolute atomic E-state index is 10.0. The highest BCUT2D eigenvalue weighted by molar-refractivity contribution is 5.79. The zero-order valence-corrected chi connectivity index (χ0v) is 7.74. The first-order valence-corrected chi connectivity index (χ1v) is 4.60. The number of hydrogen-bond acceptors (Lipinski definition) is 2. The molecule has 74 valence electrons. The topological polar surface area (TPSA) is 54.4 Å². The number of carbonyl (C=O) groups is 2. The second-order valence-electron chi connectivity index (χ2n) is 2.90. The Hall–Kier alpha value is -1.12. The van der Waals surface area contributed by atoms with Crippen molar-refractivity contribution in [3.05, 3.63) is 12.2 Å². The Balaban J connectivity index is 3.07. The monoisotopic (exact) mass is 184 g/mol. The number of allylic oxidation sites excluding steroid dienone is 1. The summed E-state index contributed by atoms with van der Waals surface area (Å²) in [6, 6.07) is 0.